The van der Waals surface area contributed by atoms with Gasteiger partial charge in [0.25, 0.3) is 5.91 Å². The number of hydrogen-bond donors (Lipinski definition) is 2. The molecule has 0 bridgehead atoms. The van der Waals surface area contributed by atoms with Gasteiger partial charge >= 0.3 is 5.97 Å². The van der Waals surface area contributed by atoms with Crippen molar-refractivity contribution in [1.82, 2.24) is 0 Å². The molecule has 3 rings (SSSR count). The fraction of sp³-hybridized carbons (Fsp3) is 0.130. The minimum atomic E-state index is -0.995. The number of amides is 1. The molecule has 0 unspecified atom stereocenters. The summed E-state index contributed by atoms with van der Waals surface area (Å²) in [4.78, 5) is 23.6. The molecule has 0 aliphatic carbocycles. The van der Waals surface area contributed by atoms with Crippen LogP contribution >= 0.6 is 0 Å². The number of carbonyl (C=O) groups excluding carboxylic acids is 1. The van der Waals surface area contributed by atoms with E-state index in [9.17, 15) is 14.7 Å². The Labute approximate surface area is 168 Å². The molecule has 29 heavy (non-hydrogen) atoms. The summed E-state index contributed by atoms with van der Waals surface area (Å²) < 4.78 is 11.0. The molecule has 0 radical (unpaired) electrons. The van der Waals surface area contributed by atoms with E-state index in [-0.39, 0.29) is 18.1 Å². The zero-order chi connectivity index (χ0) is 20.6. The van der Waals surface area contributed by atoms with Crippen LogP contribution < -0.4 is 14.8 Å². The van der Waals surface area contributed by atoms with E-state index in [1.54, 1.807) is 66.7 Å². The lowest BCUT2D eigenvalue weighted by Crippen LogP contribution is -2.11. The highest BCUT2D eigenvalue weighted by atomic mass is 16.5. The molecule has 6 nitrogen and oxygen atoms in total. The first-order valence-electron chi connectivity index (χ1n) is 9.15. The summed E-state index contributed by atoms with van der Waals surface area (Å²) in [6.07, 6.45) is 0. The summed E-state index contributed by atoms with van der Waals surface area (Å²) in [6, 6.07) is 20.5. The van der Waals surface area contributed by atoms with Gasteiger partial charge in [-0.2, -0.15) is 0 Å². The Balaban J connectivity index is 1.59. The number of rotatable bonds is 8. The molecule has 6 heteroatoms. The summed E-state index contributed by atoms with van der Waals surface area (Å²) in [5.74, 6) is 0.0572. The highest BCUT2D eigenvalue weighted by Crippen LogP contribution is 2.19. The Hall–Kier alpha value is -3.80. The number of carboxylic acids is 1. The number of carboxylic acid groups (broad SMARTS) is 1. The van der Waals surface area contributed by atoms with Crippen LogP contribution in [-0.4, -0.2) is 23.6 Å². The van der Waals surface area contributed by atoms with Gasteiger partial charge in [0, 0.05) is 16.8 Å². The van der Waals surface area contributed by atoms with Gasteiger partial charge in [0.1, 0.15) is 18.1 Å². The van der Waals surface area contributed by atoms with Gasteiger partial charge in [-0.05, 0) is 61.5 Å². The summed E-state index contributed by atoms with van der Waals surface area (Å²) >= 11 is 0. The molecular weight excluding hydrogens is 370 g/mol. The second-order valence-corrected chi connectivity index (χ2v) is 6.19. The van der Waals surface area contributed by atoms with Crippen molar-refractivity contribution in [3.8, 4) is 11.5 Å². The zero-order valence-corrected chi connectivity index (χ0v) is 15.9. The van der Waals surface area contributed by atoms with Crippen LogP contribution in [0.2, 0.25) is 0 Å². The van der Waals surface area contributed by atoms with Crippen LogP contribution in [0.15, 0.2) is 72.8 Å². The molecule has 0 saturated heterocycles. The number of hydrogen-bond acceptors (Lipinski definition) is 4. The van der Waals surface area contributed by atoms with Crippen molar-refractivity contribution in [2.24, 2.45) is 0 Å². The van der Waals surface area contributed by atoms with Crippen molar-refractivity contribution in [3.05, 3.63) is 89.5 Å². The maximum absolute atomic E-state index is 12.4. The molecule has 0 aromatic heterocycles. The van der Waals surface area contributed by atoms with E-state index in [1.807, 2.05) is 6.92 Å². The summed E-state index contributed by atoms with van der Waals surface area (Å²) in [7, 11) is 0. The lowest BCUT2D eigenvalue weighted by atomic mass is 10.1. The van der Waals surface area contributed by atoms with Gasteiger partial charge in [0.05, 0.1) is 12.2 Å². The monoisotopic (exact) mass is 391 g/mol. The summed E-state index contributed by atoms with van der Waals surface area (Å²) in [5.41, 5.74) is 1.94. The van der Waals surface area contributed by atoms with Crippen LogP contribution in [0.4, 0.5) is 5.69 Å². The Kier molecular flexibility index (Phi) is 6.47. The lowest BCUT2D eigenvalue weighted by molar-refractivity contribution is 0.0693. The maximum Gasteiger partial charge on any atom is 0.336 e. The van der Waals surface area contributed by atoms with E-state index in [0.29, 0.717) is 29.2 Å². The Bertz CT molecular complexity index is 981. The molecule has 2 N–H and O–H groups in total. The Morgan fingerprint density at radius 3 is 2.14 bits per heavy atom. The van der Waals surface area contributed by atoms with Crippen LogP contribution in [0.1, 0.15) is 33.2 Å². The van der Waals surface area contributed by atoms with Crippen molar-refractivity contribution in [1.29, 1.82) is 0 Å². The van der Waals surface area contributed by atoms with Crippen molar-refractivity contribution in [2.45, 2.75) is 13.5 Å². The molecule has 1 amide bonds. The largest absolute Gasteiger partial charge is 0.494 e. The minimum Gasteiger partial charge on any atom is -0.494 e. The van der Waals surface area contributed by atoms with Gasteiger partial charge in [-0.15, -0.1) is 0 Å². The van der Waals surface area contributed by atoms with E-state index < -0.39 is 5.97 Å². The van der Waals surface area contributed by atoms with Crippen LogP contribution in [0.25, 0.3) is 0 Å². The van der Waals surface area contributed by atoms with Crippen LogP contribution in [0.3, 0.4) is 0 Å². The first-order valence-corrected chi connectivity index (χ1v) is 9.15. The quantitative estimate of drug-likeness (QED) is 0.585. The van der Waals surface area contributed by atoms with E-state index in [0.717, 1.165) is 5.75 Å². The van der Waals surface area contributed by atoms with Crippen molar-refractivity contribution in [2.75, 3.05) is 11.9 Å². The summed E-state index contributed by atoms with van der Waals surface area (Å²) in [6.45, 7) is 2.62. The molecule has 3 aromatic carbocycles. The third kappa shape index (κ3) is 5.35. The second-order valence-electron chi connectivity index (χ2n) is 6.19. The Morgan fingerprint density at radius 1 is 0.862 bits per heavy atom. The number of carbonyl (C=O) groups is 2. The van der Waals surface area contributed by atoms with Gasteiger partial charge in [-0.3, -0.25) is 4.79 Å². The number of ether oxygens (including phenoxy) is 2. The Morgan fingerprint density at radius 2 is 1.48 bits per heavy atom. The van der Waals surface area contributed by atoms with Crippen LogP contribution in [0, 0.1) is 0 Å². The summed E-state index contributed by atoms with van der Waals surface area (Å²) in [5, 5.41) is 12.0. The average Bonchev–Trinajstić information content (AvgIpc) is 2.74. The van der Waals surface area contributed by atoms with Gasteiger partial charge < -0.3 is 19.9 Å². The topological polar surface area (TPSA) is 84.9 Å². The molecule has 0 atom stereocenters. The fourth-order valence-corrected chi connectivity index (χ4v) is 2.72. The number of benzene rings is 3. The first-order chi connectivity index (χ1) is 14.1. The second kappa shape index (κ2) is 9.41. The normalized spacial score (nSPS) is 10.2. The molecule has 0 saturated carbocycles. The highest BCUT2D eigenvalue weighted by molar-refractivity contribution is 6.04. The molecule has 0 fully saturated rings. The standard InChI is InChI=1S/C23H21NO5/c1-2-28-19-13-9-18(10-14-19)24-22(25)16-7-11-20(12-8-16)29-15-17-5-3-4-6-21(17)23(26)27/h3-14H,2,15H2,1H3,(H,24,25)(H,26,27). The predicted octanol–water partition coefficient (Wildman–Crippen LogP) is 4.61. The maximum atomic E-state index is 12.4. The first kappa shape index (κ1) is 19.9. The van der Waals surface area contributed by atoms with Crippen molar-refractivity contribution >= 4 is 17.6 Å². The predicted molar refractivity (Wildman–Crippen MR) is 110 cm³/mol. The average molecular weight is 391 g/mol. The molecule has 0 aliphatic rings. The van der Waals surface area contributed by atoms with E-state index in [4.69, 9.17) is 9.47 Å². The number of aromatic carboxylic acids is 1. The third-order valence-corrected chi connectivity index (χ3v) is 4.18. The molecule has 3 aromatic rings. The van der Waals surface area contributed by atoms with Crippen molar-refractivity contribution in [3.63, 3.8) is 0 Å². The molecular formula is C23H21NO5. The van der Waals surface area contributed by atoms with Gasteiger partial charge in [0.2, 0.25) is 0 Å². The smallest absolute Gasteiger partial charge is 0.336 e. The van der Waals surface area contributed by atoms with E-state index in [1.165, 1.54) is 6.07 Å². The number of anilines is 1. The molecule has 0 heterocycles. The van der Waals surface area contributed by atoms with E-state index >= 15 is 0 Å². The van der Waals surface area contributed by atoms with Crippen LogP contribution in [-0.2, 0) is 6.61 Å². The SMILES string of the molecule is CCOc1ccc(NC(=O)c2ccc(OCc3ccccc3C(=O)O)cc2)cc1. The number of nitrogens with one attached hydrogen (secondary N) is 1. The zero-order valence-electron chi connectivity index (χ0n) is 15.9. The lowest BCUT2D eigenvalue weighted by Gasteiger charge is -2.10. The van der Waals surface area contributed by atoms with Crippen LogP contribution in [0.5, 0.6) is 11.5 Å². The van der Waals surface area contributed by atoms with Gasteiger partial charge in [-0.1, -0.05) is 18.2 Å². The fourth-order valence-electron chi connectivity index (χ4n) is 2.72. The third-order valence-electron chi connectivity index (χ3n) is 4.18. The van der Waals surface area contributed by atoms with Gasteiger partial charge in [-0.25, -0.2) is 4.79 Å². The van der Waals surface area contributed by atoms with Gasteiger partial charge in [0.15, 0.2) is 0 Å². The van der Waals surface area contributed by atoms with E-state index in [2.05, 4.69) is 5.32 Å². The molecule has 148 valence electrons. The highest BCUT2D eigenvalue weighted by Gasteiger charge is 2.10. The minimum absolute atomic E-state index is 0.125. The molecule has 0 aliphatic heterocycles. The van der Waals surface area contributed by atoms with Crippen molar-refractivity contribution < 1.29 is 24.2 Å². The molecule has 0 spiro atoms.